The van der Waals surface area contributed by atoms with Gasteiger partial charge in [-0.2, -0.15) is 0 Å². The zero-order chi connectivity index (χ0) is 11.9. The monoisotopic (exact) mass is 244 g/mol. The van der Waals surface area contributed by atoms with Crippen LogP contribution in [0.4, 0.5) is 0 Å². The van der Waals surface area contributed by atoms with Gasteiger partial charge in [-0.25, -0.2) is 0 Å². The van der Waals surface area contributed by atoms with Crippen LogP contribution in [0.1, 0.15) is 44.9 Å². The van der Waals surface area contributed by atoms with Crippen molar-refractivity contribution in [2.75, 3.05) is 6.61 Å². The molecule has 0 N–H and O–H groups in total. The molecule has 1 saturated heterocycles. The highest BCUT2D eigenvalue weighted by molar-refractivity contribution is 6.01. The normalized spacial score (nSPS) is 52.8. The van der Waals surface area contributed by atoms with Crippen LogP contribution in [0.5, 0.6) is 0 Å². The van der Waals surface area contributed by atoms with Crippen molar-refractivity contribution in [3.8, 4) is 0 Å². The number of rotatable bonds is 0. The van der Waals surface area contributed by atoms with E-state index in [0.717, 1.165) is 24.9 Å². The Morgan fingerprint density at radius 3 is 3.06 bits per heavy atom. The van der Waals surface area contributed by atoms with Gasteiger partial charge in [0.15, 0.2) is 5.78 Å². The first kappa shape index (κ1) is 10.2. The van der Waals surface area contributed by atoms with Gasteiger partial charge in [-0.3, -0.25) is 4.79 Å². The van der Waals surface area contributed by atoms with Gasteiger partial charge < -0.3 is 4.74 Å². The van der Waals surface area contributed by atoms with E-state index in [1.54, 1.807) is 5.57 Å². The predicted octanol–water partition coefficient (Wildman–Crippen LogP) is 2.87. The van der Waals surface area contributed by atoms with Crippen molar-refractivity contribution in [2.45, 2.75) is 51.0 Å². The van der Waals surface area contributed by atoms with Gasteiger partial charge in [0.1, 0.15) is 0 Å². The maximum Gasteiger partial charge on any atom is 0.159 e. The van der Waals surface area contributed by atoms with Crippen LogP contribution in [-0.4, -0.2) is 18.5 Å². The molecule has 2 nitrogen and oxygen atoms in total. The molecule has 5 rings (SSSR count). The van der Waals surface area contributed by atoms with Crippen molar-refractivity contribution in [1.82, 2.24) is 0 Å². The summed E-state index contributed by atoms with van der Waals surface area (Å²) in [6, 6.07) is 0. The summed E-state index contributed by atoms with van der Waals surface area (Å²) in [5, 5.41) is 0. The summed E-state index contributed by atoms with van der Waals surface area (Å²) in [5.41, 5.74) is 3.09. The summed E-state index contributed by atoms with van der Waals surface area (Å²) < 4.78 is 6.08. The van der Waals surface area contributed by atoms with E-state index in [1.165, 1.54) is 44.1 Å². The zero-order valence-electron chi connectivity index (χ0n) is 10.8. The maximum atomic E-state index is 12.6. The second-order valence-electron chi connectivity index (χ2n) is 7.08. The van der Waals surface area contributed by atoms with E-state index >= 15 is 0 Å². The number of Topliss-reactive ketones (excluding diaryl/α,β-unsaturated/α-hetero) is 1. The van der Waals surface area contributed by atoms with Crippen LogP contribution in [0.15, 0.2) is 11.1 Å². The van der Waals surface area contributed by atoms with Gasteiger partial charge in [0.25, 0.3) is 0 Å². The molecule has 1 spiro atoms. The molecule has 0 aromatic rings. The fourth-order valence-corrected chi connectivity index (χ4v) is 6.27. The minimum atomic E-state index is 0.202. The SMILES string of the molecule is O=C1C[C@H]2CO[C@@H]3CC[C@H]4C[C@@H]5CCCC5=C1C243. The van der Waals surface area contributed by atoms with E-state index in [2.05, 4.69) is 0 Å². The Labute approximate surface area is 108 Å². The molecule has 3 saturated carbocycles. The smallest absolute Gasteiger partial charge is 0.159 e. The van der Waals surface area contributed by atoms with Crippen molar-refractivity contribution in [1.29, 1.82) is 0 Å². The molecule has 4 fully saturated rings. The van der Waals surface area contributed by atoms with E-state index in [9.17, 15) is 4.79 Å². The van der Waals surface area contributed by atoms with Crippen molar-refractivity contribution in [3.63, 3.8) is 0 Å². The highest BCUT2D eigenvalue weighted by atomic mass is 16.5. The second-order valence-corrected chi connectivity index (χ2v) is 7.08. The molecule has 0 radical (unpaired) electrons. The highest BCUT2D eigenvalue weighted by Crippen LogP contribution is 2.69. The van der Waals surface area contributed by atoms with Crippen molar-refractivity contribution in [3.05, 3.63) is 11.1 Å². The lowest BCUT2D eigenvalue weighted by Crippen LogP contribution is -2.40. The summed E-state index contributed by atoms with van der Waals surface area (Å²) in [6.07, 6.45) is 8.92. The van der Waals surface area contributed by atoms with E-state index in [4.69, 9.17) is 4.74 Å². The first-order valence-corrected chi connectivity index (χ1v) is 7.70. The summed E-state index contributed by atoms with van der Waals surface area (Å²) in [4.78, 5) is 12.6. The average molecular weight is 244 g/mol. The number of hydrogen-bond acceptors (Lipinski definition) is 2. The van der Waals surface area contributed by atoms with Gasteiger partial charge in [0, 0.05) is 23.3 Å². The molecule has 4 aliphatic carbocycles. The number of carbonyl (C=O) groups excluding carboxylic acids is 1. The topological polar surface area (TPSA) is 26.3 Å². The average Bonchev–Trinajstić information content (AvgIpc) is 3.03. The van der Waals surface area contributed by atoms with Crippen LogP contribution < -0.4 is 0 Å². The Hall–Kier alpha value is -0.630. The van der Waals surface area contributed by atoms with E-state index in [-0.39, 0.29) is 5.41 Å². The van der Waals surface area contributed by atoms with E-state index in [0.29, 0.717) is 17.8 Å². The molecule has 5 atom stereocenters. The third kappa shape index (κ3) is 0.900. The molecule has 2 heteroatoms. The third-order valence-corrected chi connectivity index (χ3v) is 6.69. The Balaban J connectivity index is 1.80. The molecule has 0 aromatic carbocycles. The van der Waals surface area contributed by atoms with Crippen LogP contribution in [0, 0.1) is 23.2 Å². The lowest BCUT2D eigenvalue weighted by atomic mass is 9.60. The van der Waals surface area contributed by atoms with Crippen molar-refractivity contribution in [2.24, 2.45) is 23.2 Å². The first-order valence-electron chi connectivity index (χ1n) is 7.70. The molecule has 18 heavy (non-hydrogen) atoms. The lowest BCUT2D eigenvalue weighted by Gasteiger charge is -2.42. The number of ketones is 1. The fourth-order valence-electron chi connectivity index (χ4n) is 6.27. The molecular weight excluding hydrogens is 224 g/mol. The number of carbonyl (C=O) groups is 1. The van der Waals surface area contributed by atoms with Gasteiger partial charge in [-0.1, -0.05) is 5.57 Å². The van der Waals surface area contributed by atoms with Gasteiger partial charge in [0.05, 0.1) is 12.7 Å². The third-order valence-electron chi connectivity index (χ3n) is 6.69. The maximum absolute atomic E-state index is 12.6. The van der Waals surface area contributed by atoms with Crippen LogP contribution in [0.2, 0.25) is 0 Å². The molecule has 5 aliphatic rings. The van der Waals surface area contributed by atoms with E-state index in [1.807, 2.05) is 0 Å². The first-order chi connectivity index (χ1) is 8.81. The zero-order valence-corrected chi connectivity index (χ0v) is 10.8. The Bertz CT molecular complexity index is 477. The molecule has 0 amide bonds. The Morgan fingerprint density at radius 1 is 1.17 bits per heavy atom. The number of allylic oxidation sites excluding steroid dienone is 1. The molecule has 1 unspecified atom stereocenters. The number of hydrogen-bond donors (Lipinski definition) is 0. The standard InChI is InChI=1S/C16H20O2/c17-13-7-11-8-18-14-5-4-10-6-9-2-1-3-12(9)15(13)16(10,11)14/h9-11,14H,1-8H2/t9-,10-,11-,14+,16?/m0/s1. The van der Waals surface area contributed by atoms with Crippen LogP contribution >= 0.6 is 0 Å². The molecule has 0 bridgehead atoms. The van der Waals surface area contributed by atoms with E-state index < -0.39 is 0 Å². The minimum absolute atomic E-state index is 0.202. The number of ether oxygens (including phenoxy) is 1. The summed E-state index contributed by atoms with van der Waals surface area (Å²) in [5.74, 6) is 2.56. The van der Waals surface area contributed by atoms with Crippen molar-refractivity contribution >= 4 is 5.78 Å². The van der Waals surface area contributed by atoms with Crippen LogP contribution in [-0.2, 0) is 9.53 Å². The largest absolute Gasteiger partial charge is 0.377 e. The molecular formula is C16H20O2. The van der Waals surface area contributed by atoms with Crippen molar-refractivity contribution < 1.29 is 9.53 Å². The summed E-state index contributed by atoms with van der Waals surface area (Å²) >= 11 is 0. The molecule has 1 heterocycles. The Morgan fingerprint density at radius 2 is 2.11 bits per heavy atom. The number of fused-ring (bicyclic) bond motifs is 1. The molecule has 0 aromatic heterocycles. The van der Waals surface area contributed by atoms with Crippen LogP contribution in [0.25, 0.3) is 0 Å². The molecule has 96 valence electrons. The van der Waals surface area contributed by atoms with Crippen LogP contribution in [0.3, 0.4) is 0 Å². The van der Waals surface area contributed by atoms with Gasteiger partial charge >= 0.3 is 0 Å². The summed E-state index contributed by atoms with van der Waals surface area (Å²) in [7, 11) is 0. The van der Waals surface area contributed by atoms with Gasteiger partial charge in [0.2, 0.25) is 0 Å². The summed E-state index contributed by atoms with van der Waals surface area (Å²) in [6.45, 7) is 0.856. The quantitative estimate of drug-likeness (QED) is 0.655. The van der Waals surface area contributed by atoms with Gasteiger partial charge in [-0.15, -0.1) is 0 Å². The fraction of sp³-hybridized carbons (Fsp3) is 0.812. The molecule has 1 aliphatic heterocycles. The van der Waals surface area contributed by atoms with Gasteiger partial charge in [-0.05, 0) is 50.4 Å². The highest BCUT2D eigenvalue weighted by Gasteiger charge is 2.68. The Kier molecular flexibility index (Phi) is 1.75. The predicted molar refractivity (Wildman–Crippen MR) is 67.0 cm³/mol. The second kappa shape index (κ2) is 3.09. The lowest BCUT2D eigenvalue weighted by molar-refractivity contribution is -0.115. The minimum Gasteiger partial charge on any atom is -0.377 e.